The average molecular weight is 118 g/mol. The molecule has 0 aromatic rings. The van der Waals surface area contributed by atoms with Crippen molar-refractivity contribution in [2.24, 2.45) is 0 Å². The summed E-state index contributed by atoms with van der Waals surface area (Å²) in [6.45, 7) is 0.611. The first-order valence-corrected chi connectivity index (χ1v) is 2.67. The fourth-order valence-corrected chi connectivity index (χ4v) is 0.789. The van der Waals surface area contributed by atoms with Crippen molar-refractivity contribution >= 4 is 0 Å². The van der Waals surface area contributed by atoms with Crippen molar-refractivity contribution in [3.05, 3.63) is 0 Å². The highest BCUT2D eigenvalue weighted by atomic mass is 16.6. The summed E-state index contributed by atoms with van der Waals surface area (Å²) in [5, 5.41) is 8.84. The lowest BCUT2D eigenvalue weighted by Gasteiger charge is -2.08. The van der Waals surface area contributed by atoms with Gasteiger partial charge in [-0.3, -0.25) is 0 Å². The lowest BCUT2D eigenvalue weighted by Crippen LogP contribution is -2.21. The quantitative estimate of drug-likeness (QED) is 0.515. The predicted octanol–water partition coefficient (Wildman–Crippen LogP) is -0.260. The molecule has 8 heavy (non-hydrogen) atoms. The molecular formula is C5H10O3. The van der Waals surface area contributed by atoms with E-state index in [9.17, 15) is 0 Å². The number of methoxy groups -OCH3 is 1. The van der Waals surface area contributed by atoms with Crippen molar-refractivity contribution in [1.29, 1.82) is 0 Å². The zero-order chi connectivity index (χ0) is 5.98. The van der Waals surface area contributed by atoms with Gasteiger partial charge in [0.25, 0.3) is 0 Å². The van der Waals surface area contributed by atoms with E-state index in [1.54, 1.807) is 7.11 Å². The fraction of sp³-hybridized carbons (Fsp3) is 1.00. The number of rotatable bonds is 1. The molecule has 0 radical (unpaired) electrons. The van der Waals surface area contributed by atoms with Crippen LogP contribution in [0.3, 0.4) is 0 Å². The van der Waals surface area contributed by atoms with Crippen LogP contribution in [0.15, 0.2) is 0 Å². The molecule has 1 aliphatic rings. The third-order valence-electron chi connectivity index (χ3n) is 1.31. The van der Waals surface area contributed by atoms with E-state index in [0.29, 0.717) is 6.61 Å². The van der Waals surface area contributed by atoms with Crippen molar-refractivity contribution in [3.8, 4) is 0 Å². The Balaban J connectivity index is 2.30. The molecule has 1 rings (SSSR count). The van der Waals surface area contributed by atoms with Gasteiger partial charge in [-0.05, 0) is 0 Å². The van der Waals surface area contributed by atoms with E-state index < -0.39 is 6.29 Å². The Morgan fingerprint density at radius 3 is 2.75 bits per heavy atom. The van der Waals surface area contributed by atoms with Crippen LogP contribution in [0, 0.1) is 0 Å². The molecule has 48 valence electrons. The Morgan fingerprint density at radius 2 is 2.50 bits per heavy atom. The van der Waals surface area contributed by atoms with E-state index >= 15 is 0 Å². The maximum atomic E-state index is 8.84. The summed E-state index contributed by atoms with van der Waals surface area (Å²) < 4.78 is 9.64. The van der Waals surface area contributed by atoms with E-state index in [2.05, 4.69) is 0 Å². The summed E-state index contributed by atoms with van der Waals surface area (Å²) in [7, 11) is 1.57. The van der Waals surface area contributed by atoms with Crippen LogP contribution in [0.1, 0.15) is 6.42 Å². The van der Waals surface area contributed by atoms with Gasteiger partial charge in [0.15, 0.2) is 6.29 Å². The van der Waals surface area contributed by atoms with Crippen LogP contribution in [0.25, 0.3) is 0 Å². The lowest BCUT2D eigenvalue weighted by atomic mass is 10.3. The Labute approximate surface area is 48.2 Å². The van der Waals surface area contributed by atoms with Crippen molar-refractivity contribution in [3.63, 3.8) is 0 Å². The molecule has 0 aromatic carbocycles. The molecule has 1 heterocycles. The predicted molar refractivity (Wildman–Crippen MR) is 27.4 cm³/mol. The highest BCUT2D eigenvalue weighted by molar-refractivity contribution is 4.66. The number of hydrogen-bond acceptors (Lipinski definition) is 3. The lowest BCUT2D eigenvalue weighted by molar-refractivity contribution is -0.117. The van der Waals surface area contributed by atoms with Crippen molar-refractivity contribution in [2.45, 2.75) is 18.8 Å². The summed E-state index contributed by atoms with van der Waals surface area (Å²) in [4.78, 5) is 0. The molecule has 1 saturated heterocycles. The molecule has 0 amide bonds. The second-order valence-electron chi connectivity index (χ2n) is 1.82. The van der Waals surface area contributed by atoms with Gasteiger partial charge < -0.3 is 14.6 Å². The van der Waals surface area contributed by atoms with Crippen LogP contribution in [0.2, 0.25) is 0 Å². The Morgan fingerprint density at radius 1 is 1.75 bits per heavy atom. The molecule has 1 unspecified atom stereocenters. The first-order chi connectivity index (χ1) is 3.84. The second-order valence-corrected chi connectivity index (χ2v) is 1.82. The van der Waals surface area contributed by atoms with Gasteiger partial charge >= 0.3 is 0 Å². The molecule has 0 aliphatic carbocycles. The van der Waals surface area contributed by atoms with Crippen molar-refractivity contribution in [1.82, 2.24) is 0 Å². The van der Waals surface area contributed by atoms with Crippen molar-refractivity contribution < 1.29 is 14.6 Å². The van der Waals surface area contributed by atoms with Crippen LogP contribution in [0.5, 0.6) is 0 Å². The molecular weight excluding hydrogens is 108 g/mol. The summed E-state index contributed by atoms with van der Waals surface area (Å²) in [6.07, 6.45) is 0.00694. The molecule has 3 heteroatoms. The highest BCUT2D eigenvalue weighted by Crippen LogP contribution is 2.12. The first-order valence-electron chi connectivity index (χ1n) is 2.67. The van der Waals surface area contributed by atoms with Gasteiger partial charge in [0.1, 0.15) is 6.10 Å². The molecule has 0 bridgehead atoms. The summed E-state index contributed by atoms with van der Waals surface area (Å²) >= 11 is 0. The first kappa shape index (κ1) is 6.01. The van der Waals surface area contributed by atoms with Crippen LogP contribution in [-0.4, -0.2) is 31.2 Å². The molecule has 0 aromatic heterocycles. The van der Waals surface area contributed by atoms with Gasteiger partial charge in [-0.25, -0.2) is 0 Å². The Bertz CT molecular complexity index is 74.1. The normalized spacial score (nSPS) is 38.2. The topological polar surface area (TPSA) is 38.7 Å². The fourth-order valence-electron chi connectivity index (χ4n) is 0.789. The van der Waals surface area contributed by atoms with Crippen LogP contribution in [-0.2, 0) is 9.47 Å². The Hall–Kier alpha value is -0.120. The smallest absolute Gasteiger partial charge is 0.181 e. The third kappa shape index (κ3) is 0.992. The van der Waals surface area contributed by atoms with E-state index in [1.165, 1.54) is 0 Å². The molecule has 1 aliphatic heterocycles. The standard InChI is InChI=1S/C5H10O3/c1-7-4-2-3-8-5(4)6/h4-6H,2-3H2,1H3/t4-,5?/m0/s1. The number of aliphatic hydroxyl groups excluding tert-OH is 1. The van der Waals surface area contributed by atoms with E-state index in [-0.39, 0.29) is 6.10 Å². The van der Waals surface area contributed by atoms with Crippen LogP contribution < -0.4 is 0 Å². The van der Waals surface area contributed by atoms with E-state index in [1.807, 2.05) is 0 Å². The molecule has 2 atom stereocenters. The van der Waals surface area contributed by atoms with Crippen molar-refractivity contribution in [2.75, 3.05) is 13.7 Å². The Kier molecular flexibility index (Phi) is 1.83. The number of hydrogen-bond donors (Lipinski definition) is 1. The molecule has 3 nitrogen and oxygen atoms in total. The zero-order valence-corrected chi connectivity index (χ0v) is 4.83. The van der Waals surface area contributed by atoms with Gasteiger partial charge in [-0.1, -0.05) is 0 Å². The van der Waals surface area contributed by atoms with Gasteiger partial charge in [-0.15, -0.1) is 0 Å². The minimum atomic E-state index is -0.694. The molecule has 0 spiro atoms. The van der Waals surface area contributed by atoms with Gasteiger partial charge in [-0.2, -0.15) is 0 Å². The molecule has 1 N–H and O–H groups in total. The van der Waals surface area contributed by atoms with Gasteiger partial charge in [0.05, 0.1) is 6.61 Å². The minimum Gasteiger partial charge on any atom is -0.376 e. The maximum absolute atomic E-state index is 8.84. The molecule has 0 saturated carbocycles. The minimum absolute atomic E-state index is 0.102. The summed E-state index contributed by atoms with van der Waals surface area (Å²) in [5.41, 5.74) is 0. The third-order valence-corrected chi connectivity index (χ3v) is 1.31. The van der Waals surface area contributed by atoms with Gasteiger partial charge in [0, 0.05) is 13.5 Å². The highest BCUT2D eigenvalue weighted by Gasteiger charge is 2.24. The van der Waals surface area contributed by atoms with Gasteiger partial charge in [0.2, 0.25) is 0 Å². The summed E-state index contributed by atoms with van der Waals surface area (Å²) in [5.74, 6) is 0. The van der Waals surface area contributed by atoms with E-state index in [4.69, 9.17) is 14.6 Å². The largest absolute Gasteiger partial charge is 0.376 e. The summed E-state index contributed by atoms with van der Waals surface area (Å²) in [6, 6.07) is 0. The van der Waals surface area contributed by atoms with Crippen LogP contribution >= 0.6 is 0 Å². The monoisotopic (exact) mass is 118 g/mol. The SMILES string of the molecule is CO[C@H]1CCOC1O. The number of ether oxygens (including phenoxy) is 2. The van der Waals surface area contributed by atoms with E-state index in [0.717, 1.165) is 6.42 Å². The zero-order valence-electron chi connectivity index (χ0n) is 4.83. The second kappa shape index (κ2) is 2.44. The molecule has 1 fully saturated rings. The van der Waals surface area contributed by atoms with Crippen LogP contribution in [0.4, 0.5) is 0 Å². The maximum Gasteiger partial charge on any atom is 0.181 e. The number of aliphatic hydroxyl groups is 1. The average Bonchev–Trinajstić information content (AvgIpc) is 2.14.